The van der Waals surface area contributed by atoms with Gasteiger partial charge in [0, 0.05) is 23.6 Å². The van der Waals surface area contributed by atoms with Crippen molar-refractivity contribution in [3.8, 4) is 11.8 Å². The van der Waals surface area contributed by atoms with Crippen LogP contribution in [0, 0.1) is 17.7 Å². The number of piperazine rings is 1. The highest BCUT2D eigenvalue weighted by Gasteiger charge is 2.55. The average molecular weight is 505 g/mol. The Kier molecular flexibility index (Phi) is 6.63. The number of carbonyl (C=O) groups excluding carboxylic acids is 1. The van der Waals surface area contributed by atoms with Crippen molar-refractivity contribution in [2.75, 3.05) is 19.7 Å². The summed E-state index contributed by atoms with van der Waals surface area (Å²) in [5.41, 5.74) is 3.06. The third-order valence-corrected chi connectivity index (χ3v) is 8.56. The zero-order valence-corrected chi connectivity index (χ0v) is 20.2. The fourth-order valence-corrected chi connectivity index (χ4v) is 6.51. The summed E-state index contributed by atoms with van der Waals surface area (Å²) in [6.07, 6.45) is 0. The number of halogens is 1. The molecule has 0 saturated carbocycles. The van der Waals surface area contributed by atoms with Crippen molar-refractivity contribution in [2.24, 2.45) is 0 Å². The summed E-state index contributed by atoms with van der Waals surface area (Å²) in [5.74, 6) is 5.09. The molecule has 0 unspecified atom stereocenters. The lowest BCUT2D eigenvalue weighted by Crippen LogP contribution is -2.73. The number of fused-ring (bicyclic) bond motifs is 1. The van der Waals surface area contributed by atoms with Crippen LogP contribution in [-0.2, 0) is 20.6 Å². The maximum absolute atomic E-state index is 13.1. The van der Waals surface area contributed by atoms with Crippen LogP contribution in [0.2, 0.25) is 0 Å². The molecule has 2 fully saturated rings. The molecule has 0 radical (unpaired) electrons. The summed E-state index contributed by atoms with van der Waals surface area (Å²) in [5, 5.41) is 10.0. The second kappa shape index (κ2) is 9.86. The number of benzene rings is 3. The monoisotopic (exact) mass is 504 g/mol. The highest BCUT2D eigenvalue weighted by molar-refractivity contribution is 7.88. The molecule has 2 saturated heterocycles. The number of hydrogen-bond acceptors (Lipinski definition) is 4. The molecule has 2 aliphatic heterocycles. The van der Waals surface area contributed by atoms with E-state index in [0.717, 1.165) is 11.1 Å². The zero-order valence-electron chi connectivity index (χ0n) is 19.4. The molecule has 8 heteroatoms. The zero-order chi connectivity index (χ0) is 25.3. The molecule has 0 bridgehead atoms. The topological polar surface area (TPSA) is 77.9 Å². The van der Waals surface area contributed by atoms with Crippen molar-refractivity contribution in [1.29, 1.82) is 0 Å². The van der Waals surface area contributed by atoms with E-state index in [2.05, 4.69) is 11.8 Å². The summed E-state index contributed by atoms with van der Waals surface area (Å²) >= 11 is 0. The maximum atomic E-state index is 13.1. The first-order chi connectivity index (χ1) is 17.4. The second-order valence-corrected chi connectivity index (χ2v) is 11.0. The van der Waals surface area contributed by atoms with Crippen LogP contribution in [0.25, 0.3) is 0 Å². The Hall–Kier alpha value is -3.51. The molecule has 3 aromatic carbocycles. The number of carbonyl (C=O) groups is 1. The lowest BCUT2D eigenvalue weighted by molar-refractivity contribution is -0.158. The van der Waals surface area contributed by atoms with Gasteiger partial charge in [-0.2, -0.15) is 4.31 Å². The molecule has 184 valence electrons. The van der Waals surface area contributed by atoms with Crippen molar-refractivity contribution in [2.45, 2.75) is 23.8 Å². The van der Waals surface area contributed by atoms with Gasteiger partial charge in [0.05, 0.1) is 31.0 Å². The molecule has 0 aromatic heterocycles. The van der Waals surface area contributed by atoms with Crippen LogP contribution in [0.15, 0.2) is 78.9 Å². The number of nitrogens with zero attached hydrogens (tertiary/aromatic N) is 2. The van der Waals surface area contributed by atoms with Crippen molar-refractivity contribution < 1.29 is 22.7 Å². The van der Waals surface area contributed by atoms with Gasteiger partial charge >= 0.3 is 0 Å². The van der Waals surface area contributed by atoms with Crippen LogP contribution >= 0.6 is 0 Å². The van der Waals surface area contributed by atoms with E-state index in [1.54, 1.807) is 41.3 Å². The van der Waals surface area contributed by atoms with E-state index in [1.165, 1.54) is 16.4 Å². The molecule has 0 aliphatic carbocycles. The van der Waals surface area contributed by atoms with Gasteiger partial charge in [-0.05, 0) is 47.5 Å². The van der Waals surface area contributed by atoms with Crippen LogP contribution < -0.4 is 0 Å². The van der Waals surface area contributed by atoms with Gasteiger partial charge in [-0.25, -0.2) is 12.8 Å². The average Bonchev–Trinajstić information content (AvgIpc) is 2.86. The molecule has 2 heterocycles. The molecule has 1 amide bonds. The van der Waals surface area contributed by atoms with Gasteiger partial charge in [0.1, 0.15) is 5.82 Å². The van der Waals surface area contributed by atoms with Crippen molar-refractivity contribution >= 4 is 15.9 Å². The van der Waals surface area contributed by atoms with Gasteiger partial charge in [-0.3, -0.25) is 4.79 Å². The highest BCUT2D eigenvalue weighted by atomic mass is 32.2. The summed E-state index contributed by atoms with van der Waals surface area (Å²) in [7, 11) is -3.68. The largest absolute Gasteiger partial charge is 0.394 e. The number of aliphatic hydroxyl groups excluding tert-OH is 1. The summed E-state index contributed by atoms with van der Waals surface area (Å²) in [4.78, 5) is 14.5. The lowest BCUT2D eigenvalue weighted by Gasteiger charge is -2.58. The number of rotatable bonds is 5. The normalized spacial score (nSPS) is 21.8. The predicted molar refractivity (Wildman–Crippen MR) is 134 cm³/mol. The van der Waals surface area contributed by atoms with E-state index in [1.807, 2.05) is 30.3 Å². The molecule has 3 atom stereocenters. The Labute approximate surface area is 210 Å². The van der Waals surface area contributed by atoms with E-state index in [0.29, 0.717) is 11.1 Å². The van der Waals surface area contributed by atoms with Crippen molar-refractivity contribution in [3.63, 3.8) is 0 Å². The fourth-order valence-electron chi connectivity index (χ4n) is 5.02. The molecular formula is C28H25FN2O4S. The summed E-state index contributed by atoms with van der Waals surface area (Å²) in [6.45, 7) is -0.225. The van der Waals surface area contributed by atoms with Gasteiger partial charge in [0.15, 0.2) is 0 Å². The van der Waals surface area contributed by atoms with E-state index in [4.69, 9.17) is 0 Å². The van der Waals surface area contributed by atoms with Crippen LogP contribution in [-0.4, -0.2) is 60.4 Å². The quantitative estimate of drug-likeness (QED) is 0.542. The van der Waals surface area contributed by atoms with Gasteiger partial charge in [0.25, 0.3) is 0 Å². The minimum atomic E-state index is -3.68. The standard InChI is InChI=1S/C28H25FN2O4S/c29-24-14-10-21(11-15-24)7-6-20-8-12-23(13-9-20)28-25-16-30(17-27(33)31(25)26(28)18-32)36(34,35)19-22-4-2-1-3-5-22/h1-5,8-15,25-26,28,32H,16-19H2/t25-,26-,28-/m1/s1. The van der Waals surface area contributed by atoms with E-state index >= 15 is 0 Å². The highest BCUT2D eigenvalue weighted by Crippen LogP contribution is 2.43. The molecule has 36 heavy (non-hydrogen) atoms. The number of sulfonamides is 1. The van der Waals surface area contributed by atoms with E-state index < -0.39 is 16.1 Å². The van der Waals surface area contributed by atoms with E-state index in [9.17, 15) is 22.7 Å². The Balaban J connectivity index is 1.34. The molecule has 1 N–H and O–H groups in total. The molecular weight excluding hydrogens is 479 g/mol. The van der Waals surface area contributed by atoms with Gasteiger partial charge in [-0.1, -0.05) is 54.3 Å². The predicted octanol–water partition coefficient (Wildman–Crippen LogP) is 2.73. The van der Waals surface area contributed by atoms with Crippen molar-refractivity contribution in [3.05, 3.63) is 107 Å². The fraction of sp³-hybridized carbons (Fsp3) is 0.250. The minimum absolute atomic E-state index is 0.163. The van der Waals surface area contributed by atoms with Gasteiger partial charge in [-0.15, -0.1) is 0 Å². The van der Waals surface area contributed by atoms with Crippen LogP contribution in [0.4, 0.5) is 4.39 Å². The molecule has 6 nitrogen and oxygen atoms in total. The lowest BCUT2D eigenvalue weighted by atomic mass is 9.74. The molecule has 2 aliphatic rings. The summed E-state index contributed by atoms with van der Waals surface area (Å²) < 4.78 is 40.5. The summed E-state index contributed by atoms with van der Waals surface area (Å²) in [6, 6.07) is 21.6. The Morgan fingerprint density at radius 3 is 2.14 bits per heavy atom. The van der Waals surface area contributed by atoms with Gasteiger partial charge in [0.2, 0.25) is 15.9 Å². The van der Waals surface area contributed by atoms with Gasteiger partial charge < -0.3 is 10.0 Å². The number of amides is 1. The van der Waals surface area contributed by atoms with Crippen LogP contribution in [0.5, 0.6) is 0 Å². The van der Waals surface area contributed by atoms with Crippen molar-refractivity contribution in [1.82, 2.24) is 9.21 Å². The maximum Gasteiger partial charge on any atom is 0.238 e. The molecule has 0 spiro atoms. The third kappa shape index (κ3) is 4.78. The first kappa shape index (κ1) is 24.2. The number of hydrogen-bond donors (Lipinski definition) is 1. The second-order valence-electron chi connectivity index (χ2n) is 9.06. The molecule has 5 rings (SSSR count). The Morgan fingerprint density at radius 1 is 0.917 bits per heavy atom. The molecule has 3 aromatic rings. The Morgan fingerprint density at radius 2 is 1.53 bits per heavy atom. The smallest absolute Gasteiger partial charge is 0.238 e. The number of aliphatic hydroxyl groups is 1. The Bertz CT molecular complexity index is 1410. The van der Waals surface area contributed by atoms with E-state index in [-0.39, 0.29) is 49.1 Å². The SMILES string of the molecule is O=C1CN(S(=O)(=O)Cc2ccccc2)C[C@@H]2[C@@H](c3ccc(C#Cc4ccc(F)cc4)cc3)[C@@H](CO)N12. The first-order valence-electron chi connectivity index (χ1n) is 11.7. The minimum Gasteiger partial charge on any atom is -0.394 e. The third-order valence-electron chi connectivity index (χ3n) is 6.80. The first-order valence-corrected chi connectivity index (χ1v) is 13.3. The van der Waals surface area contributed by atoms with Crippen LogP contribution in [0.3, 0.4) is 0 Å². The van der Waals surface area contributed by atoms with Crippen LogP contribution in [0.1, 0.15) is 28.2 Å².